The van der Waals surface area contributed by atoms with Crippen molar-refractivity contribution in [2.24, 2.45) is 0 Å². The summed E-state index contributed by atoms with van der Waals surface area (Å²) >= 11 is 0. The van der Waals surface area contributed by atoms with E-state index >= 15 is 0 Å². The molecule has 4 N–H and O–H groups in total. The Morgan fingerprint density at radius 2 is 2.12 bits per heavy atom. The van der Waals surface area contributed by atoms with Crippen LogP contribution in [-0.2, 0) is 15.1 Å². The molecule has 3 aliphatic rings. The number of hydrogen-bond acceptors (Lipinski definition) is 8. The van der Waals surface area contributed by atoms with Gasteiger partial charge in [0.1, 0.15) is 11.6 Å². The first-order chi connectivity index (χ1) is 15.5. The number of hydrogen-bond donors (Lipinski definition) is 4. The highest BCUT2D eigenvalue weighted by atomic mass is 16.5. The number of pyridine rings is 1. The first-order valence-corrected chi connectivity index (χ1v) is 11.6. The maximum Gasteiger partial charge on any atom is 0.153 e. The Morgan fingerprint density at radius 3 is 2.78 bits per heavy atom. The topological polar surface area (TPSA) is 119 Å². The summed E-state index contributed by atoms with van der Waals surface area (Å²) in [6, 6.07) is 3.96. The molecule has 0 aromatic carbocycles. The van der Waals surface area contributed by atoms with Crippen LogP contribution >= 0.6 is 0 Å². The number of anilines is 3. The lowest BCUT2D eigenvalue weighted by Gasteiger charge is -2.43. The maximum absolute atomic E-state index is 11.9. The van der Waals surface area contributed by atoms with E-state index in [9.17, 15) is 5.11 Å². The Balaban J connectivity index is 1.55. The molecule has 1 aliphatic carbocycles. The molecule has 9 nitrogen and oxygen atoms in total. The van der Waals surface area contributed by atoms with E-state index in [0.717, 1.165) is 50.2 Å². The molecule has 5 rings (SSSR count). The zero-order chi connectivity index (χ0) is 22.2. The fourth-order valence-electron chi connectivity index (χ4n) is 5.37. The average Bonchev–Trinajstić information content (AvgIpc) is 3.49. The van der Waals surface area contributed by atoms with E-state index in [0.29, 0.717) is 43.3 Å². The molecular weight excluding hydrogens is 408 g/mol. The van der Waals surface area contributed by atoms with Crippen molar-refractivity contribution < 1.29 is 14.6 Å². The largest absolute Gasteiger partial charge is 0.385 e. The molecule has 0 bridgehead atoms. The number of aromatic amines is 1. The van der Waals surface area contributed by atoms with Crippen molar-refractivity contribution in [3.8, 4) is 0 Å². The lowest BCUT2D eigenvalue weighted by Crippen LogP contribution is -2.45. The van der Waals surface area contributed by atoms with Crippen molar-refractivity contribution in [1.29, 1.82) is 5.41 Å². The van der Waals surface area contributed by atoms with Crippen molar-refractivity contribution in [2.45, 2.75) is 62.7 Å². The van der Waals surface area contributed by atoms with Gasteiger partial charge in [0.25, 0.3) is 0 Å². The zero-order valence-electron chi connectivity index (χ0n) is 18.6. The van der Waals surface area contributed by atoms with Crippen LogP contribution < -0.4 is 10.2 Å². The summed E-state index contributed by atoms with van der Waals surface area (Å²) in [6.07, 6.45) is 8.06. The van der Waals surface area contributed by atoms with E-state index in [1.165, 1.54) is 6.21 Å². The fraction of sp³-hybridized carbons (Fsp3) is 0.609. The van der Waals surface area contributed by atoms with Crippen molar-refractivity contribution in [1.82, 2.24) is 15.2 Å². The van der Waals surface area contributed by atoms with Gasteiger partial charge in [-0.3, -0.25) is 5.10 Å². The molecule has 2 aromatic rings. The van der Waals surface area contributed by atoms with Gasteiger partial charge in [-0.15, -0.1) is 0 Å². The molecule has 32 heavy (non-hydrogen) atoms. The lowest BCUT2D eigenvalue weighted by molar-refractivity contribution is -0.0941. The SMILES string of the molecule is C[C@@H]1COCCN1c1cc([C@]2(O)CC[C@]3(CCCO3)CC2)c(C=N)c(Nc2cc[nH]n2)n1. The number of nitrogens with zero attached hydrogens (tertiary/aromatic N) is 3. The third kappa shape index (κ3) is 3.89. The molecule has 2 saturated heterocycles. The van der Waals surface area contributed by atoms with E-state index < -0.39 is 5.60 Å². The van der Waals surface area contributed by atoms with Crippen LogP contribution in [0, 0.1) is 5.41 Å². The molecule has 1 atom stereocenters. The van der Waals surface area contributed by atoms with Crippen LogP contribution in [0.3, 0.4) is 0 Å². The molecule has 1 saturated carbocycles. The van der Waals surface area contributed by atoms with E-state index in [4.69, 9.17) is 19.9 Å². The van der Waals surface area contributed by atoms with Gasteiger partial charge in [-0.1, -0.05) is 0 Å². The Labute approximate surface area is 188 Å². The molecule has 2 aliphatic heterocycles. The summed E-state index contributed by atoms with van der Waals surface area (Å²) in [4.78, 5) is 7.08. The molecule has 9 heteroatoms. The second-order valence-corrected chi connectivity index (χ2v) is 9.30. The number of aromatic nitrogens is 3. The van der Waals surface area contributed by atoms with Gasteiger partial charge in [-0.05, 0) is 57.1 Å². The first kappa shape index (κ1) is 21.4. The van der Waals surface area contributed by atoms with Gasteiger partial charge in [-0.25, -0.2) is 4.98 Å². The second-order valence-electron chi connectivity index (χ2n) is 9.30. The predicted octanol–water partition coefficient (Wildman–Crippen LogP) is 3.08. The van der Waals surface area contributed by atoms with Crippen LogP contribution in [0.25, 0.3) is 0 Å². The second kappa shape index (κ2) is 8.46. The van der Waals surface area contributed by atoms with E-state index in [1.807, 2.05) is 12.1 Å². The molecule has 0 radical (unpaired) electrons. The monoisotopic (exact) mass is 440 g/mol. The smallest absolute Gasteiger partial charge is 0.153 e. The summed E-state index contributed by atoms with van der Waals surface area (Å²) in [7, 11) is 0. The average molecular weight is 441 g/mol. The number of aliphatic hydroxyl groups is 1. The molecular formula is C23H32N6O3. The Hall–Kier alpha value is -2.49. The number of nitrogens with one attached hydrogen (secondary N) is 3. The summed E-state index contributed by atoms with van der Waals surface area (Å²) in [5.74, 6) is 1.93. The zero-order valence-corrected chi connectivity index (χ0v) is 18.6. The van der Waals surface area contributed by atoms with Gasteiger partial charge in [0.2, 0.25) is 0 Å². The highest BCUT2D eigenvalue weighted by Crippen LogP contribution is 2.48. The van der Waals surface area contributed by atoms with Gasteiger partial charge >= 0.3 is 0 Å². The quantitative estimate of drug-likeness (QED) is 0.528. The van der Waals surface area contributed by atoms with Crippen molar-refractivity contribution >= 4 is 23.7 Å². The molecule has 2 aromatic heterocycles. The highest BCUT2D eigenvalue weighted by molar-refractivity contribution is 5.89. The van der Waals surface area contributed by atoms with E-state index in [-0.39, 0.29) is 11.6 Å². The number of ether oxygens (including phenoxy) is 2. The predicted molar refractivity (Wildman–Crippen MR) is 122 cm³/mol. The fourth-order valence-corrected chi connectivity index (χ4v) is 5.37. The van der Waals surface area contributed by atoms with Crippen molar-refractivity contribution in [2.75, 3.05) is 36.6 Å². The Morgan fingerprint density at radius 1 is 1.28 bits per heavy atom. The van der Waals surface area contributed by atoms with Crippen LogP contribution in [0.4, 0.5) is 17.5 Å². The Bertz CT molecular complexity index is 947. The third-order valence-electron chi connectivity index (χ3n) is 7.27. The van der Waals surface area contributed by atoms with Crippen LogP contribution in [-0.4, -0.2) is 64.5 Å². The first-order valence-electron chi connectivity index (χ1n) is 11.6. The Kier molecular flexibility index (Phi) is 5.65. The highest BCUT2D eigenvalue weighted by Gasteiger charge is 2.46. The third-order valence-corrected chi connectivity index (χ3v) is 7.27. The minimum absolute atomic E-state index is 0.0816. The minimum Gasteiger partial charge on any atom is -0.385 e. The normalized spacial score (nSPS) is 30.6. The molecule has 0 unspecified atom stereocenters. The van der Waals surface area contributed by atoms with Crippen LogP contribution in [0.5, 0.6) is 0 Å². The van der Waals surface area contributed by atoms with E-state index in [2.05, 4.69) is 27.3 Å². The number of morpholine rings is 1. The number of H-pyrrole nitrogens is 1. The summed E-state index contributed by atoms with van der Waals surface area (Å²) < 4.78 is 11.7. The number of rotatable bonds is 5. The molecule has 4 heterocycles. The standard InChI is InChI=1S/C23H32N6O3/c1-16-15-31-12-10-29(16)20-13-18(17(14-24)21(27-20)26-19-3-9-25-28-19)23(30)7-5-22(6-8-23)4-2-11-32-22/h3,9,13-14,16,24,30H,2,4-8,10-12,15H2,1H3,(H2,25,26,27,28)/t16-,22-,23+/m1/s1. The minimum atomic E-state index is -1.03. The summed E-state index contributed by atoms with van der Waals surface area (Å²) in [5.41, 5.74) is 0.242. The molecule has 172 valence electrons. The van der Waals surface area contributed by atoms with Crippen LogP contribution in [0.1, 0.15) is 56.6 Å². The lowest BCUT2D eigenvalue weighted by atomic mass is 9.71. The van der Waals surface area contributed by atoms with Crippen molar-refractivity contribution in [3.63, 3.8) is 0 Å². The van der Waals surface area contributed by atoms with Gasteiger partial charge < -0.3 is 30.2 Å². The van der Waals surface area contributed by atoms with Crippen LogP contribution in [0.15, 0.2) is 18.3 Å². The van der Waals surface area contributed by atoms with Gasteiger partial charge in [-0.2, -0.15) is 5.10 Å². The summed E-state index contributed by atoms with van der Waals surface area (Å²) in [6.45, 7) is 4.93. The van der Waals surface area contributed by atoms with Gasteiger partial charge in [0, 0.05) is 37.2 Å². The van der Waals surface area contributed by atoms with E-state index in [1.54, 1.807) is 6.20 Å². The maximum atomic E-state index is 11.9. The van der Waals surface area contributed by atoms with Crippen molar-refractivity contribution in [3.05, 3.63) is 29.5 Å². The molecule has 1 spiro atoms. The molecule has 3 fully saturated rings. The van der Waals surface area contributed by atoms with Gasteiger partial charge in [0.15, 0.2) is 5.82 Å². The van der Waals surface area contributed by atoms with Gasteiger partial charge in [0.05, 0.1) is 30.5 Å². The van der Waals surface area contributed by atoms with Crippen LogP contribution in [0.2, 0.25) is 0 Å². The summed E-state index contributed by atoms with van der Waals surface area (Å²) in [5, 5.41) is 30.3. The molecule has 0 amide bonds.